The molecule has 2 aromatic carbocycles. The molecule has 0 aromatic heterocycles. The Labute approximate surface area is 128 Å². The van der Waals surface area contributed by atoms with Crippen LogP contribution in [-0.4, -0.2) is 24.0 Å². The van der Waals surface area contributed by atoms with Gasteiger partial charge in [-0.25, -0.2) is 0 Å². The summed E-state index contributed by atoms with van der Waals surface area (Å²) in [6.07, 6.45) is 0. The van der Waals surface area contributed by atoms with Gasteiger partial charge in [-0.1, -0.05) is 30.3 Å². The molecule has 4 nitrogen and oxygen atoms in total. The number of phenolic OH excluding ortho intramolecular Hbond substituents is 1. The van der Waals surface area contributed by atoms with Crippen LogP contribution in [0.5, 0.6) is 11.5 Å². The van der Waals surface area contributed by atoms with Gasteiger partial charge < -0.3 is 15.2 Å². The van der Waals surface area contributed by atoms with E-state index in [4.69, 9.17) is 16.3 Å². The maximum atomic E-state index is 12.2. The van der Waals surface area contributed by atoms with Crippen molar-refractivity contribution in [1.82, 2.24) is 5.32 Å². The first-order chi connectivity index (χ1) is 10.2. The van der Waals surface area contributed by atoms with Gasteiger partial charge in [0.2, 0.25) is 0 Å². The zero-order valence-corrected chi connectivity index (χ0v) is 12.3. The average Bonchev–Trinajstić information content (AvgIpc) is 2.53. The molecule has 5 heteroatoms. The third-order valence-corrected chi connectivity index (χ3v) is 3.42. The largest absolute Gasteiger partial charge is 0.507 e. The molecule has 0 aliphatic rings. The maximum absolute atomic E-state index is 12.2. The van der Waals surface area contributed by atoms with E-state index in [-0.39, 0.29) is 29.1 Å². The smallest absolute Gasteiger partial charge is 0.255 e. The molecule has 1 unspecified atom stereocenters. The highest BCUT2D eigenvalue weighted by Crippen LogP contribution is 2.24. The summed E-state index contributed by atoms with van der Waals surface area (Å²) < 4.78 is 4.99. The lowest BCUT2D eigenvalue weighted by molar-refractivity contribution is 0.0937. The fourth-order valence-electron chi connectivity index (χ4n) is 1.96. The van der Waals surface area contributed by atoms with Crippen molar-refractivity contribution in [2.75, 3.05) is 13.0 Å². The number of nitrogens with one attached hydrogen (secondary N) is 1. The summed E-state index contributed by atoms with van der Waals surface area (Å²) in [5.41, 5.74) is 1.09. The van der Waals surface area contributed by atoms with Crippen LogP contribution in [0.25, 0.3) is 0 Å². The van der Waals surface area contributed by atoms with Gasteiger partial charge in [0.05, 0.1) is 18.7 Å². The van der Waals surface area contributed by atoms with Crippen LogP contribution in [0, 0.1) is 0 Å². The van der Waals surface area contributed by atoms with Gasteiger partial charge in [0.25, 0.3) is 5.91 Å². The quantitative estimate of drug-likeness (QED) is 0.835. The van der Waals surface area contributed by atoms with E-state index in [2.05, 4.69) is 5.32 Å². The molecule has 1 atom stereocenters. The van der Waals surface area contributed by atoms with E-state index in [0.29, 0.717) is 5.75 Å². The van der Waals surface area contributed by atoms with Crippen LogP contribution in [0.2, 0.25) is 0 Å². The fraction of sp³-hybridized carbons (Fsp3) is 0.188. The van der Waals surface area contributed by atoms with E-state index in [1.54, 1.807) is 6.07 Å². The summed E-state index contributed by atoms with van der Waals surface area (Å²) in [6.45, 7) is 0. The molecule has 2 rings (SSSR count). The van der Waals surface area contributed by atoms with E-state index < -0.39 is 0 Å². The van der Waals surface area contributed by atoms with Crippen molar-refractivity contribution < 1.29 is 14.6 Å². The average molecular weight is 306 g/mol. The zero-order valence-electron chi connectivity index (χ0n) is 11.5. The summed E-state index contributed by atoms with van der Waals surface area (Å²) in [5.74, 6) is 0.214. The molecule has 0 fully saturated rings. The van der Waals surface area contributed by atoms with E-state index in [1.165, 1.54) is 19.2 Å². The van der Waals surface area contributed by atoms with Crippen molar-refractivity contribution in [2.24, 2.45) is 0 Å². The first-order valence-electron chi connectivity index (χ1n) is 6.44. The number of hydrogen-bond donors (Lipinski definition) is 2. The summed E-state index contributed by atoms with van der Waals surface area (Å²) in [7, 11) is 1.49. The first kappa shape index (κ1) is 15.2. The van der Waals surface area contributed by atoms with E-state index in [0.717, 1.165) is 5.56 Å². The standard InChI is InChI=1S/C16H16ClNO3/c1-21-12-7-8-13(15(19)9-12)16(20)18-14(10-17)11-5-3-2-4-6-11/h2-9,14,19H,10H2,1H3,(H,18,20). The van der Waals surface area contributed by atoms with Crippen molar-refractivity contribution in [3.05, 3.63) is 59.7 Å². The van der Waals surface area contributed by atoms with Crippen molar-refractivity contribution in [3.63, 3.8) is 0 Å². The molecule has 21 heavy (non-hydrogen) atoms. The van der Waals surface area contributed by atoms with Gasteiger partial charge in [-0.2, -0.15) is 0 Å². The highest BCUT2D eigenvalue weighted by atomic mass is 35.5. The number of ether oxygens (including phenoxy) is 1. The predicted octanol–water partition coefficient (Wildman–Crippen LogP) is 3.11. The summed E-state index contributed by atoms with van der Waals surface area (Å²) in [6, 6.07) is 13.6. The molecule has 0 saturated carbocycles. The fourth-order valence-corrected chi connectivity index (χ4v) is 2.22. The summed E-state index contributed by atoms with van der Waals surface area (Å²) >= 11 is 5.92. The monoisotopic (exact) mass is 305 g/mol. The Bertz CT molecular complexity index is 616. The van der Waals surface area contributed by atoms with Crippen molar-refractivity contribution in [1.29, 1.82) is 0 Å². The number of hydrogen-bond acceptors (Lipinski definition) is 3. The predicted molar refractivity (Wildman–Crippen MR) is 82.0 cm³/mol. The molecule has 0 spiro atoms. The summed E-state index contributed by atoms with van der Waals surface area (Å²) in [4.78, 5) is 12.2. The molecule has 0 saturated heterocycles. The van der Waals surface area contributed by atoms with Crippen LogP contribution >= 0.6 is 11.6 Å². The van der Waals surface area contributed by atoms with Crippen LogP contribution < -0.4 is 10.1 Å². The Kier molecular flexibility index (Phi) is 5.06. The van der Waals surface area contributed by atoms with Gasteiger partial charge in [0.1, 0.15) is 11.5 Å². The molecule has 1 amide bonds. The molecule has 0 aliphatic carbocycles. The number of rotatable bonds is 5. The van der Waals surface area contributed by atoms with Crippen molar-refractivity contribution >= 4 is 17.5 Å². The minimum Gasteiger partial charge on any atom is -0.507 e. The zero-order chi connectivity index (χ0) is 15.2. The van der Waals surface area contributed by atoms with Gasteiger partial charge in [-0.3, -0.25) is 4.79 Å². The second-order valence-electron chi connectivity index (χ2n) is 4.47. The molecule has 110 valence electrons. The molecule has 0 bridgehead atoms. The van der Waals surface area contributed by atoms with Crippen molar-refractivity contribution in [2.45, 2.75) is 6.04 Å². The van der Waals surface area contributed by atoms with Crippen LogP contribution in [0.3, 0.4) is 0 Å². The van der Waals surface area contributed by atoms with Crippen LogP contribution in [0.4, 0.5) is 0 Å². The Hall–Kier alpha value is -2.20. The second kappa shape index (κ2) is 6.99. The van der Waals surface area contributed by atoms with Gasteiger partial charge >= 0.3 is 0 Å². The summed E-state index contributed by atoms with van der Waals surface area (Å²) in [5, 5.41) is 12.7. The van der Waals surface area contributed by atoms with Gasteiger partial charge in [-0.05, 0) is 17.7 Å². The van der Waals surface area contributed by atoms with E-state index in [1.807, 2.05) is 30.3 Å². The number of halogens is 1. The van der Waals surface area contributed by atoms with Gasteiger partial charge in [0.15, 0.2) is 0 Å². The van der Waals surface area contributed by atoms with Crippen LogP contribution in [-0.2, 0) is 0 Å². The minimum absolute atomic E-state index is 0.131. The van der Waals surface area contributed by atoms with Crippen molar-refractivity contribution in [3.8, 4) is 11.5 Å². The second-order valence-corrected chi connectivity index (χ2v) is 4.78. The third kappa shape index (κ3) is 3.67. The number of phenols is 1. The van der Waals surface area contributed by atoms with E-state index in [9.17, 15) is 9.90 Å². The lowest BCUT2D eigenvalue weighted by atomic mass is 10.1. The number of methoxy groups -OCH3 is 1. The number of benzene rings is 2. The molecule has 2 N–H and O–H groups in total. The maximum Gasteiger partial charge on any atom is 0.255 e. The topological polar surface area (TPSA) is 58.6 Å². The number of carbonyl (C=O) groups is 1. The molecule has 0 aliphatic heterocycles. The number of carbonyl (C=O) groups excluding carboxylic acids is 1. The SMILES string of the molecule is COc1ccc(C(=O)NC(CCl)c2ccccc2)c(O)c1. The Morgan fingerprint density at radius 1 is 1.29 bits per heavy atom. The highest BCUT2D eigenvalue weighted by molar-refractivity contribution is 6.18. The number of amides is 1. The normalized spacial score (nSPS) is 11.7. The molecule has 0 radical (unpaired) electrons. The number of alkyl halides is 1. The number of aromatic hydroxyl groups is 1. The van der Waals surface area contributed by atoms with Crippen LogP contribution in [0.15, 0.2) is 48.5 Å². The highest BCUT2D eigenvalue weighted by Gasteiger charge is 2.17. The lowest BCUT2D eigenvalue weighted by Gasteiger charge is -2.17. The van der Waals surface area contributed by atoms with Crippen LogP contribution in [0.1, 0.15) is 22.0 Å². The molecule has 0 heterocycles. The molecular weight excluding hydrogens is 290 g/mol. The minimum atomic E-state index is -0.385. The lowest BCUT2D eigenvalue weighted by Crippen LogP contribution is -2.29. The van der Waals surface area contributed by atoms with Gasteiger partial charge in [-0.15, -0.1) is 11.6 Å². The van der Waals surface area contributed by atoms with E-state index >= 15 is 0 Å². The Morgan fingerprint density at radius 2 is 2.00 bits per heavy atom. The Balaban J connectivity index is 2.17. The first-order valence-corrected chi connectivity index (χ1v) is 6.98. The molecular formula is C16H16ClNO3. The third-order valence-electron chi connectivity index (χ3n) is 3.11. The Morgan fingerprint density at radius 3 is 2.57 bits per heavy atom. The molecule has 2 aromatic rings. The van der Waals surface area contributed by atoms with Gasteiger partial charge in [0, 0.05) is 11.9 Å².